The predicted octanol–water partition coefficient (Wildman–Crippen LogP) is 0.473. The molecule has 116 valence electrons. The van der Waals surface area contributed by atoms with Crippen molar-refractivity contribution in [2.45, 2.75) is 0 Å². The van der Waals surface area contributed by atoms with Crippen molar-refractivity contribution in [2.24, 2.45) is 0 Å². The lowest BCUT2D eigenvalue weighted by atomic mass is 10.4. The molecule has 0 aliphatic heterocycles. The van der Waals surface area contributed by atoms with E-state index in [9.17, 15) is 14.4 Å². The van der Waals surface area contributed by atoms with Crippen LogP contribution in [0.5, 0.6) is 0 Å². The lowest BCUT2D eigenvalue weighted by molar-refractivity contribution is 0.0585. The molecule has 2 aromatic rings. The molecular weight excluding hydrogens is 316 g/mol. The van der Waals surface area contributed by atoms with Gasteiger partial charge in [-0.15, -0.1) is 0 Å². The number of carbonyl (C=O) groups excluding carboxylic acids is 2. The van der Waals surface area contributed by atoms with E-state index in [1.807, 2.05) is 0 Å². The van der Waals surface area contributed by atoms with E-state index in [-0.39, 0.29) is 22.1 Å². The number of H-pyrrole nitrogens is 1. The van der Waals surface area contributed by atoms with Gasteiger partial charge in [-0.05, 0) is 0 Å². The minimum absolute atomic E-state index is 0.0104. The van der Waals surface area contributed by atoms with Crippen molar-refractivity contribution in [3.63, 3.8) is 0 Å². The Hall–Kier alpha value is -2.81. The number of hydrogen-bond donors (Lipinski definition) is 1. The number of nitrogens with zero attached hydrogens (tertiary/aromatic N) is 3. The van der Waals surface area contributed by atoms with Crippen LogP contribution in [0.15, 0.2) is 29.6 Å². The largest absolute Gasteiger partial charge is 0.464 e. The molecule has 0 bridgehead atoms. The zero-order valence-corrected chi connectivity index (χ0v) is 12.3. The van der Waals surface area contributed by atoms with Crippen LogP contribution in [0.1, 0.15) is 21.0 Å². The Morgan fingerprint density at radius 1 is 1.05 bits per heavy atom. The Morgan fingerprint density at radius 3 is 2.14 bits per heavy atom. The van der Waals surface area contributed by atoms with Crippen molar-refractivity contribution in [2.75, 3.05) is 14.2 Å². The average molecular weight is 327 g/mol. The summed E-state index contributed by atoms with van der Waals surface area (Å²) in [6.07, 6.45) is 2.35. The van der Waals surface area contributed by atoms with Crippen molar-refractivity contribution in [3.8, 4) is 0 Å². The second kappa shape index (κ2) is 8.47. The van der Waals surface area contributed by atoms with Crippen LogP contribution < -0.4 is 5.56 Å². The Labute approximate surface area is 129 Å². The maximum atomic E-state index is 10.8. The van der Waals surface area contributed by atoms with E-state index in [0.29, 0.717) is 0 Å². The molecule has 0 radical (unpaired) electrons. The second-order valence-corrected chi connectivity index (χ2v) is 3.89. The molecule has 22 heavy (non-hydrogen) atoms. The molecule has 0 spiro atoms. The molecule has 0 atom stereocenters. The summed E-state index contributed by atoms with van der Waals surface area (Å²) in [5.74, 6) is -1.13. The molecule has 10 heteroatoms. The van der Waals surface area contributed by atoms with E-state index in [4.69, 9.17) is 11.6 Å². The highest BCUT2D eigenvalue weighted by Gasteiger charge is 2.06. The highest BCUT2D eigenvalue weighted by Crippen LogP contribution is 2.04. The van der Waals surface area contributed by atoms with Gasteiger partial charge in [-0.25, -0.2) is 24.5 Å². The van der Waals surface area contributed by atoms with Gasteiger partial charge in [-0.2, -0.15) is 0 Å². The number of carbonyl (C=O) groups is 2. The van der Waals surface area contributed by atoms with Crippen LogP contribution in [0.2, 0.25) is 5.15 Å². The summed E-state index contributed by atoms with van der Waals surface area (Å²) in [7, 11) is 2.50. The lowest BCUT2D eigenvalue weighted by Crippen LogP contribution is -2.12. The quantitative estimate of drug-likeness (QED) is 0.624. The van der Waals surface area contributed by atoms with Crippen LogP contribution in [0, 0.1) is 0 Å². The number of aromatic nitrogens is 4. The molecular formula is C12H11ClN4O5. The maximum Gasteiger partial charge on any atom is 0.356 e. The predicted molar refractivity (Wildman–Crippen MR) is 74.6 cm³/mol. The van der Waals surface area contributed by atoms with E-state index < -0.39 is 11.9 Å². The first-order chi connectivity index (χ1) is 10.5. The second-order valence-electron chi connectivity index (χ2n) is 3.51. The Balaban J connectivity index is 0.000000220. The van der Waals surface area contributed by atoms with Gasteiger partial charge >= 0.3 is 11.9 Å². The third-order valence-corrected chi connectivity index (χ3v) is 2.31. The molecule has 0 aromatic carbocycles. The van der Waals surface area contributed by atoms with Crippen molar-refractivity contribution in [1.82, 2.24) is 19.9 Å². The zero-order chi connectivity index (χ0) is 16.5. The number of aromatic amines is 1. The maximum absolute atomic E-state index is 10.8. The third-order valence-electron chi connectivity index (χ3n) is 2.10. The van der Waals surface area contributed by atoms with Crippen molar-refractivity contribution in [3.05, 3.63) is 51.7 Å². The van der Waals surface area contributed by atoms with Crippen LogP contribution in [0.25, 0.3) is 0 Å². The van der Waals surface area contributed by atoms with Crippen LogP contribution >= 0.6 is 11.6 Å². The first-order valence-corrected chi connectivity index (χ1v) is 6.04. The van der Waals surface area contributed by atoms with Crippen LogP contribution in [-0.4, -0.2) is 46.1 Å². The van der Waals surface area contributed by atoms with E-state index in [2.05, 4.69) is 29.4 Å². The van der Waals surface area contributed by atoms with Crippen LogP contribution in [-0.2, 0) is 9.47 Å². The fourth-order valence-corrected chi connectivity index (χ4v) is 1.28. The summed E-state index contributed by atoms with van der Waals surface area (Å²) >= 11 is 5.49. The number of methoxy groups -OCH3 is 2. The number of rotatable bonds is 2. The third kappa shape index (κ3) is 5.29. The van der Waals surface area contributed by atoms with Gasteiger partial charge in [0, 0.05) is 12.1 Å². The molecule has 0 saturated heterocycles. The topological polar surface area (TPSA) is 124 Å². The molecule has 2 rings (SSSR count). The molecule has 0 aliphatic carbocycles. The number of nitrogens with one attached hydrogen (secondary N) is 1. The number of halogens is 1. The molecule has 0 fully saturated rings. The van der Waals surface area contributed by atoms with Gasteiger partial charge in [0.25, 0.3) is 5.56 Å². The number of hydrogen-bond acceptors (Lipinski definition) is 8. The van der Waals surface area contributed by atoms with Gasteiger partial charge in [0.2, 0.25) is 0 Å². The minimum Gasteiger partial charge on any atom is -0.464 e. The normalized spacial score (nSPS) is 9.23. The van der Waals surface area contributed by atoms with Crippen molar-refractivity contribution in [1.29, 1.82) is 0 Å². The molecule has 9 nitrogen and oxygen atoms in total. The summed E-state index contributed by atoms with van der Waals surface area (Å²) in [5.41, 5.74) is -0.204. The van der Waals surface area contributed by atoms with Crippen molar-refractivity contribution >= 4 is 23.5 Å². The lowest BCUT2D eigenvalue weighted by Gasteiger charge is -1.95. The fraction of sp³-hybridized carbons (Fsp3) is 0.167. The highest BCUT2D eigenvalue weighted by molar-refractivity contribution is 6.29. The Kier molecular flexibility index (Phi) is 6.64. The smallest absolute Gasteiger partial charge is 0.356 e. The molecule has 2 heterocycles. The van der Waals surface area contributed by atoms with E-state index >= 15 is 0 Å². The van der Waals surface area contributed by atoms with Gasteiger partial charge in [0.05, 0.1) is 20.5 Å². The van der Waals surface area contributed by atoms with Gasteiger partial charge in [0.15, 0.2) is 11.4 Å². The summed E-state index contributed by atoms with van der Waals surface area (Å²) in [6.45, 7) is 0. The Bertz CT molecular complexity index is 718. The average Bonchev–Trinajstić information content (AvgIpc) is 2.54. The van der Waals surface area contributed by atoms with Crippen molar-refractivity contribution < 1.29 is 19.1 Å². The SMILES string of the molecule is COC(=O)c1cc(=O)[nH]cn1.COC(=O)c1cc(Cl)ncn1. The summed E-state index contributed by atoms with van der Waals surface area (Å²) in [5, 5.41) is 0.223. The molecule has 1 N–H and O–H groups in total. The zero-order valence-electron chi connectivity index (χ0n) is 11.6. The van der Waals surface area contributed by atoms with Gasteiger partial charge in [0.1, 0.15) is 11.5 Å². The number of ether oxygens (including phenoxy) is 2. The highest BCUT2D eigenvalue weighted by atomic mass is 35.5. The van der Waals surface area contributed by atoms with Crippen LogP contribution in [0.4, 0.5) is 0 Å². The molecule has 0 unspecified atom stereocenters. The number of esters is 2. The molecule has 0 aliphatic rings. The van der Waals surface area contributed by atoms with E-state index in [0.717, 1.165) is 12.4 Å². The standard InChI is InChI=1S/C6H5ClN2O2.C6H6N2O3/c1-11-6(10)4-2-5(7)9-3-8-4;1-11-6(10)4-2-5(9)8-3-7-4/h2-3H,1H3;2-3H,1H3,(H,7,8,9). The first-order valence-electron chi connectivity index (χ1n) is 5.66. The summed E-state index contributed by atoms with van der Waals surface area (Å²) in [4.78, 5) is 45.2. The molecule has 0 saturated carbocycles. The van der Waals surface area contributed by atoms with Crippen LogP contribution in [0.3, 0.4) is 0 Å². The fourth-order valence-electron chi connectivity index (χ4n) is 1.13. The molecule has 2 aromatic heterocycles. The molecule has 0 amide bonds. The van der Waals surface area contributed by atoms with Gasteiger partial charge in [-0.1, -0.05) is 11.6 Å². The minimum atomic E-state index is -0.615. The Morgan fingerprint density at radius 2 is 1.64 bits per heavy atom. The van der Waals surface area contributed by atoms with E-state index in [1.165, 1.54) is 26.6 Å². The summed E-state index contributed by atoms with van der Waals surface area (Å²) in [6, 6.07) is 2.42. The summed E-state index contributed by atoms with van der Waals surface area (Å²) < 4.78 is 8.74. The van der Waals surface area contributed by atoms with E-state index in [1.54, 1.807) is 0 Å². The monoisotopic (exact) mass is 326 g/mol. The van der Waals surface area contributed by atoms with Gasteiger partial charge < -0.3 is 14.5 Å². The first kappa shape index (κ1) is 17.2. The van der Waals surface area contributed by atoms with Gasteiger partial charge in [-0.3, -0.25) is 4.79 Å².